The lowest BCUT2D eigenvalue weighted by Crippen LogP contribution is -2.34. The van der Waals surface area contributed by atoms with Crippen molar-refractivity contribution >= 4 is 23.5 Å². The van der Waals surface area contributed by atoms with Crippen LogP contribution in [0.5, 0.6) is 0 Å². The third-order valence-electron chi connectivity index (χ3n) is 4.72. The highest BCUT2D eigenvalue weighted by molar-refractivity contribution is 5.97. The number of carbonyl (C=O) groups is 3. The van der Waals surface area contributed by atoms with Gasteiger partial charge in [0.2, 0.25) is 11.8 Å². The van der Waals surface area contributed by atoms with Crippen LogP contribution < -0.4 is 10.6 Å². The molecule has 2 rings (SSSR count). The molecule has 1 aliphatic carbocycles. The summed E-state index contributed by atoms with van der Waals surface area (Å²) in [5, 5.41) is 14.5. The lowest BCUT2D eigenvalue weighted by atomic mass is 9.87. The zero-order valence-corrected chi connectivity index (χ0v) is 14.9. The van der Waals surface area contributed by atoms with E-state index in [1.807, 2.05) is 0 Å². The molecule has 1 aliphatic rings. The van der Waals surface area contributed by atoms with Gasteiger partial charge in [0.1, 0.15) is 0 Å². The average molecular weight is 346 g/mol. The topological polar surface area (TPSA) is 95.5 Å². The second-order valence-corrected chi connectivity index (χ2v) is 6.82. The molecule has 0 aliphatic heterocycles. The monoisotopic (exact) mass is 346 g/mol. The molecule has 3 N–H and O–H groups in total. The summed E-state index contributed by atoms with van der Waals surface area (Å²) in [6.07, 6.45) is 6.24. The number of rotatable bonds is 6. The summed E-state index contributed by atoms with van der Waals surface area (Å²) in [7, 11) is 0. The first-order valence-corrected chi connectivity index (χ1v) is 8.78. The molecule has 25 heavy (non-hydrogen) atoms. The van der Waals surface area contributed by atoms with E-state index >= 15 is 0 Å². The third-order valence-corrected chi connectivity index (χ3v) is 4.72. The molecule has 0 aromatic heterocycles. The van der Waals surface area contributed by atoms with Crippen LogP contribution in [0.4, 0.5) is 5.69 Å². The van der Waals surface area contributed by atoms with Gasteiger partial charge >= 0.3 is 5.97 Å². The molecule has 1 aromatic carbocycles. The standard InChI is InChI=1S/C19H26N2O4/c1-12-8-13(2)16(10-15(12)19(24)25)21-18(23)11-20-17(22)9-14-6-4-3-5-7-14/h8,10,14H,3-7,9,11H2,1-2H3,(H,20,22)(H,21,23)(H,24,25). The van der Waals surface area contributed by atoms with Crippen molar-refractivity contribution in [2.75, 3.05) is 11.9 Å². The van der Waals surface area contributed by atoms with Gasteiger partial charge in [0.25, 0.3) is 0 Å². The molecule has 6 heteroatoms. The van der Waals surface area contributed by atoms with E-state index in [-0.39, 0.29) is 23.9 Å². The van der Waals surface area contributed by atoms with E-state index in [1.54, 1.807) is 19.9 Å². The Morgan fingerprint density at radius 1 is 1.04 bits per heavy atom. The van der Waals surface area contributed by atoms with Crippen molar-refractivity contribution in [3.8, 4) is 0 Å². The van der Waals surface area contributed by atoms with Crippen LogP contribution in [-0.4, -0.2) is 29.4 Å². The zero-order valence-electron chi connectivity index (χ0n) is 14.9. The molecule has 1 aromatic rings. The molecule has 1 saturated carbocycles. The van der Waals surface area contributed by atoms with Crippen LogP contribution in [0.25, 0.3) is 0 Å². The van der Waals surface area contributed by atoms with Gasteiger partial charge in [0.15, 0.2) is 0 Å². The van der Waals surface area contributed by atoms with Crippen molar-refractivity contribution in [2.24, 2.45) is 5.92 Å². The van der Waals surface area contributed by atoms with Crippen molar-refractivity contribution in [1.82, 2.24) is 5.32 Å². The van der Waals surface area contributed by atoms with Crippen LogP contribution in [-0.2, 0) is 9.59 Å². The van der Waals surface area contributed by atoms with Gasteiger partial charge in [0.05, 0.1) is 12.1 Å². The summed E-state index contributed by atoms with van der Waals surface area (Å²) < 4.78 is 0. The number of benzene rings is 1. The lowest BCUT2D eigenvalue weighted by Gasteiger charge is -2.20. The number of carboxylic acids is 1. The van der Waals surface area contributed by atoms with Crippen LogP contribution in [0.3, 0.4) is 0 Å². The Morgan fingerprint density at radius 2 is 1.72 bits per heavy atom. The molecule has 6 nitrogen and oxygen atoms in total. The predicted molar refractivity (Wildman–Crippen MR) is 95.7 cm³/mol. The molecule has 136 valence electrons. The molecule has 0 spiro atoms. The summed E-state index contributed by atoms with van der Waals surface area (Å²) >= 11 is 0. The minimum absolute atomic E-state index is 0.103. The molecule has 0 saturated heterocycles. The maximum absolute atomic E-state index is 12.1. The van der Waals surface area contributed by atoms with Crippen molar-refractivity contribution in [3.63, 3.8) is 0 Å². The van der Waals surface area contributed by atoms with Gasteiger partial charge in [-0.3, -0.25) is 9.59 Å². The third kappa shape index (κ3) is 5.59. The van der Waals surface area contributed by atoms with E-state index in [1.165, 1.54) is 25.3 Å². The van der Waals surface area contributed by atoms with Crippen LogP contribution in [0, 0.1) is 19.8 Å². The number of nitrogens with one attached hydrogen (secondary N) is 2. The maximum Gasteiger partial charge on any atom is 0.336 e. The molecule has 1 fully saturated rings. The largest absolute Gasteiger partial charge is 0.478 e. The number of amides is 2. The number of aryl methyl sites for hydroxylation is 2. The van der Waals surface area contributed by atoms with E-state index < -0.39 is 5.97 Å². The molecular formula is C19H26N2O4. The molecule has 0 radical (unpaired) electrons. The SMILES string of the molecule is Cc1cc(C)c(C(=O)O)cc1NC(=O)CNC(=O)CC1CCCCC1. The number of hydrogen-bond donors (Lipinski definition) is 3. The Labute approximate surface area is 148 Å². The van der Waals surface area contributed by atoms with E-state index in [9.17, 15) is 19.5 Å². The second-order valence-electron chi connectivity index (χ2n) is 6.82. The lowest BCUT2D eigenvalue weighted by molar-refractivity contribution is -0.125. The van der Waals surface area contributed by atoms with Gasteiger partial charge in [-0.05, 0) is 49.8 Å². The van der Waals surface area contributed by atoms with E-state index in [2.05, 4.69) is 10.6 Å². The van der Waals surface area contributed by atoms with Gasteiger partial charge in [-0.25, -0.2) is 4.79 Å². The Kier molecular flexibility index (Phi) is 6.56. The summed E-state index contributed by atoms with van der Waals surface area (Å²) in [5.74, 6) is -1.07. The van der Waals surface area contributed by atoms with Crippen molar-refractivity contribution in [1.29, 1.82) is 0 Å². The van der Waals surface area contributed by atoms with Crippen LogP contribution >= 0.6 is 0 Å². The Hall–Kier alpha value is -2.37. The molecule has 0 heterocycles. The molecule has 0 atom stereocenters. The first-order chi connectivity index (χ1) is 11.9. The number of aromatic carboxylic acids is 1. The van der Waals surface area contributed by atoms with Crippen molar-refractivity contribution in [2.45, 2.75) is 52.4 Å². The second kappa shape index (κ2) is 8.65. The Bertz CT molecular complexity index is 664. The van der Waals surface area contributed by atoms with E-state index in [4.69, 9.17) is 0 Å². The minimum atomic E-state index is -1.03. The fourth-order valence-electron chi connectivity index (χ4n) is 3.32. The number of carboxylic acid groups (broad SMARTS) is 1. The number of carbonyl (C=O) groups excluding carboxylic acids is 2. The first-order valence-electron chi connectivity index (χ1n) is 8.78. The summed E-state index contributed by atoms with van der Waals surface area (Å²) in [5.41, 5.74) is 2.03. The predicted octanol–water partition coefficient (Wildman–Crippen LogP) is 3.03. The van der Waals surface area contributed by atoms with Crippen LogP contribution in [0.2, 0.25) is 0 Å². The number of anilines is 1. The summed E-state index contributed by atoms with van der Waals surface area (Å²) in [4.78, 5) is 35.2. The zero-order chi connectivity index (χ0) is 18.4. The highest BCUT2D eigenvalue weighted by Crippen LogP contribution is 2.26. The van der Waals surface area contributed by atoms with Gasteiger partial charge < -0.3 is 15.7 Å². The van der Waals surface area contributed by atoms with Gasteiger partial charge in [0, 0.05) is 12.1 Å². The van der Waals surface area contributed by atoms with Crippen LogP contribution in [0.15, 0.2) is 12.1 Å². The fourth-order valence-corrected chi connectivity index (χ4v) is 3.32. The Morgan fingerprint density at radius 3 is 2.36 bits per heavy atom. The number of hydrogen-bond acceptors (Lipinski definition) is 3. The summed E-state index contributed by atoms with van der Waals surface area (Å²) in [6.45, 7) is 3.41. The smallest absolute Gasteiger partial charge is 0.336 e. The van der Waals surface area contributed by atoms with Gasteiger partial charge in [-0.1, -0.05) is 25.3 Å². The molecule has 0 bridgehead atoms. The van der Waals surface area contributed by atoms with Crippen LogP contribution in [0.1, 0.15) is 60.0 Å². The van der Waals surface area contributed by atoms with Crippen molar-refractivity contribution < 1.29 is 19.5 Å². The normalized spacial score (nSPS) is 14.8. The van der Waals surface area contributed by atoms with Gasteiger partial charge in [-0.2, -0.15) is 0 Å². The fraction of sp³-hybridized carbons (Fsp3) is 0.526. The molecule has 0 unspecified atom stereocenters. The quantitative estimate of drug-likeness (QED) is 0.738. The Balaban J connectivity index is 1.86. The van der Waals surface area contributed by atoms with E-state index in [0.29, 0.717) is 23.6 Å². The minimum Gasteiger partial charge on any atom is -0.478 e. The van der Waals surface area contributed by atoms with E-state index in [0.717, 1.165) is 18.4 Å². The molecular weight excluding hydrogens is 320 g/mol. The van der Waals surface area contributed by atoms with Crippen molar-refractivity contribution in [3.05, 3.63) is 28.8 Å². The highest BCUT2D eigenvalue weighted by atomic mass is 16.4. The highest BCUT2D eigenvalue weighted by Gasteiger charge is 2.18. The maximum atomic E-state index is 12.1. The molecule has 2 amide bonds. The first kappa shape index (κ1) is 19.0. The summed E-state index contributed by atoms with van der Waals surface area (Å²) in [6, 6.07) is 3.18. The average Bonchev–Trinajstić information content (AvgIpc) is 2.56. The van der Waals surface area contributed by atoms with Gasteiger partial charge in [-0.15, -0.1) is 0 Å².